The first kappa shape index (κ1) is 14.6. The van der Waals surface area contributed by atoms with Crippen molar-refractivity contribution in [2.75, 3.05) is 0 Å². The molecule has 0 aliphatic carbocycles. The molecule has 96 valence electrons. The van der Waals surface area contributed by atoms with Crippen molar-refractivity contribution >= 4 is 33.5 Å². The van der Waals surface area contributed by atoms with Crippen molar-refractivity contribution in [1.82, 2.24) is 0 Å². The van der Waals surface area contributed by atoms with Crippen LogP contribution in [-0.4, -0.2) is 19.5 Å². The molecule has 0 saturated heterocycles. The van der Waals surface area contributed by atoms with E-state index in [4.69, 9.17) is 5.26 Å². The van der Waals surface area contributed by atoms with Crippen molar-refractivity contribution in [1.29, 1.82) is 5.26 Å². The first-order chi connectivity index (χ1) is 8.24. The van der Waals surface area contributed by atoms with E-state index in [0.29, 0.717) is 16.7 Å². The summed E-state index contributed by atoms with van der Waals surface area (Å²) >= 11 is 1.22. The van der Waals surface area contributed by atoms with Crippen molar-refractivity contribution in [3.8, 4) is 6.07 Å². The quantitative estimate of drug-likeness (QED) is 0.631. The lowest BCUT2D eigenvalue weighted by Crippen LogP contribution is -2.28. The maximum atomic E-state index is 12.1. The predicted molar refractivity (Wildman–Crippen MR) is 72.0 cm³/mol. The van der Waals surface area contributed by atoms with Gasteiger partial charge in [0.1, 0.15) is 11.0 Å². The molecule has 0 fully saturated rings. The molecule has 0 aliphatic heterocycles. The SMILES string of the molecule is CC(C)(C)S(=O)(=O)/C(C#N)=C\c1sccc1C=O. The fourth-order valence-corrected chi connectivity index (χ4v) is 3.09. The Labute approximate surface area is 110 Å². The number of nitrogens with zero attached hydrogens (tertiary/aromatic N) is 1. The zero-order valence-corrected chi connectivity index (χ0v) is 11.9. The minimum absolute atomic E-state index is 0.319. The number of rotatable bonds is 3. The Morgan fingerprint density at radius 1 is 1.44 bits per heavy atom. The lowest BCUT2D eigenvalue weighted by Gasteiger charge is -2.18. The Hall–Kier alpha value is -1.45. The number of allylic oxidation sites excluding steroid dienone is 1. The fourth-order valence-electron chi connectivity index (χ4n) is 1.16. The summed E-state index contributed by atoms with van der Waals surface area (Å²) in [4.78, 5) is 10.9. The van der Waals surface area contributed by atoms with Crippen LogP contribution in [0.1, 0.15) is 36.0 Å². The number of carbonyl (C=O) groups is 1. The van der Waals surface area contributed by atoms with Crippen LogP contribution >= 0.6 is 11.3 Å². The second kappa shape index (κ2) is 5.04. The van der Waals surface area contributed by atoms with Crippen LogP contribution in [0.5, 0.6) is 0 Å². The number of thiophene rings is 1. The van der Waals surface area contributed by atoms with E-state index in [1.54, 1.807) is 17.5 Å². The molecule has 0 aromatic carbocycles. The van der Waals surface area contributed by atoms with Crippen LogP contribution in [0.2, 0.25) is 0 Å². The number of aldehydes is 1. The van der Waals surface area contributed by atoms with E-state index < -0.39 is 14.6 Å². The summed E-state index contributed by atoms with van der Waals surface area (Å²) in [6.07, 6.45) is 1.90. The van der Waals surface area contributed by atoms with Gasteiger partial charge in [-0.05, 0) is 38.3 Å². The summed E-state index contributed by atoms with van der Waals surface area (Å²) in [5.41, 5.74) is 0.386. The van der Waals surface area contributed by atoms with Crippen LogP contribution in [0.25, 0.3) is 6.08 Å². The Kier molecular flexibility index (Phi) is 4.09. The molecule has 0 radical (unpaired) electrons. The molecular formula is C12H13NO3S2. The van der Waals surface area contributed by atoms with Gasteiger partial charge >= 0.3 is 0 Å². The number of sulfone groups is 1. The second-order valence-corrected chi connectivity index (χ2v) is 8.21. The van der Waals surface area contributed by atoms with Crippen LogP contribution in [0, 0.1) is 11.3 Å². The second-order valence-electron chi connectivity index (χ2n) is 4.59. The van der Waals surface area contributed by atoms with Crippen LogP contribution in [-0.2, 0) is 9.84 Å². The van der Waals surface area contributed by atoms with Crippen LogP contribution in [0.15, 0.2) is 16.4 Å². The van der Waals surface area contributed by atoms with Gasteiger partial charge < -0.3 is 0 Å². The summed E-state index contributed by atoms with van der Waals surface area (Å²) in [6.45, 7) is 4.59. The van der Waals surface area contributed by atoms with Gasteiger partial charge in [-0.2, -0.15) is 5.26 Å². The van der Waals surface area contributed by atoms with Crippen molar-refractivity contribution in [3.63, 3.8) is 0 Å². The maximum absolute atomic E-state index is 12.1. The van der Waals surface area contributed by atoms with E-state index in [1.165, 1.54) is 38.2 Å². The highest BCUT2D eigenvalue weighted by atomic mass is 32.2. The number of hydrogen-bond donors (Lipinski definition) is 0. The van der Waals surface area contributed by atoms with Gasteiger partial charge in [-0.15, -0.1) is 11.3 Å². The largest absolute Gasteiger partial charge is 0.298 e. The number of hydrogen-bond acceptors (Lipinski definition) is 5. The van der Waals surface area contributed by atoms with Gasteiger partial charge in [-0.3, -0.25) is 4.79 Å². The topological polar surface area (TPSA) is 75.0 Å². The highest BCUT2D eigenvalue weighted by molar-refractivity contribution is 7.97. The minimum Gasteiger partial charge on any atom is -0.298 e. The van der Waals surface area contributed by atoms with Gasteiger partial charge in [0.05, 0.1) is 4.75 Å². The molecule has 18 heavy (non-hydrogen) atoms. The van der Waals surface area contributed by atoms with Crippen LogP contribution < -0.4 is 0 Å². The lowest BCUT2D eigenvalue weighted by atomic mass is 10.2. The lowest BCUT2D eigenvalue weighted by molar-refractivity contribution is 0.112. The van der Waals surface area contributed by atoms with Crippen molar-refractivity contribution in [2.24, 2.45) is 0 Å². The van der Waals surface area contributed by atoms with Crippen molar-refractivity contribution in [2.45, 2.75) is 25.5 Å². The third-order valence-corrected chi connectivity index (χ3v) is 5.60. The Bertz CT molecular complexity index is 625. The molecule has 4 nitrogen and oxygen atoms in total. The molecule has 0 aliphatic rings. The van der Waals surface area contributed by atoms with Crippen molar-refractivity contribution < 1.29 is 13.2 Å². The van der Waals surface area contributed by atoms with Crippen LogP contribution in [0.3, 0.4) is 0 Å². The molecule has 0 N–H and O–H groups in total. The smallest absolute Gasteiger partial charge is 0.193 e. The fraction of sp³-hybridized carbons (Fsp3) is 0.333. The van der Waals surface area contributed by atoms with Gasteiger partial charge in [0.15, 0.2) is 16.1 Å². The summed E-state index contributed by atoms with van der Waals surface area (Å²) in [7, 11) is -3.70. The zero-order chi connectivity index (χ0) is 14.0. The van der Waals surface area contributed by atoms with Gasteiger partial charge in [0.2, 0.25) is 0 Å². The third-order valence-electron chi connectivity index (χ3n) is 2.32. The molecule has 1 aromatic rings. The highest BCUT2D eigenvalue weighted by Crippen LogP contribution is 2.27. The Morgan fingerprint density at radius 3 is 2.50 bits per heavy atom. The summed E-state index contributed by atoms with van der Waals surface area (Å²) in [5, 5.41) is 10.7. The van der Waals surface area contributed by atoms with Gasteiger partial charge in [0.25, 0.3) is 0 Å². The normalized spacial score (nSPS) is 13.1. The zero-order valence-electron chi connectivity index (χ0n) is 10.3. The van der Waals surface area contributed by atoms with E-state index in [-0.39, 0.29) is 4.91 Å². The highest BCUT2D eigenvalue weighted by Gasteiger charge is 2.33. The summed E-state index contributed by atoms with van der Waals surface area (Å²) in [5.74, 6) is 0. The Balaban J connectivity index is 3.38. The molecule has 6 heteroatoms. The summed E-state index contributed by atoms with van der Waals surface area (Å²) < 4.78 is 23.2. The molecule has 1 heterocycles. The molecule has 1 aromatic heterocycles. The van der Waals surface area contributed by atoms with E-state index in [2.05, 4.69) is 0 Å². The van der Waals surface area contributed by atoms with E-state index in [0.717, 1.165) is 0 Å². The van der Waals surface area contributed by atoms with Gasteiger partial charge in [-0.1, -0.05) is 0 Å². The molecule has 0 saturated carbocycles. The van der Waals surface area contributed by atoms with E-state index in [1.807, 2.05) is 0 Å². The molecule has 0 atom stereocenters. The van der Waals surface area contributed by atoms with E-state index >= 15 is 0 Å². The van der Waals surface area contributed by atoms with Crippen molar-refractivity contribution in [3.05, 3.63) is 26.8 Å². The molecule has 0 bridgehead atoms. The molecule has 0 amide bonds. The average Bonchev–Trinajstić information content (AvgIpc) is 2.71. The average molecular weight is 283 g/mol. The maximum Gasteiger partial charge on any atom is 0.193 e. The first-order valence-electron chi connectivity index (χ1n) is 5.13. The number of carbonyl (C=O) groups excluding carboxylic acids is 1. The molecular weight excluding hydrogens is 270 g/mol. The number of nitriles is 1. The molecule has 1 rings (SSSR count). The minimum atomic E-state index is -3.70. The van der Waals surface area contributed by atoms with Gasteiger partial charge in [-0.25, -0.2) is 8.42 Å². The standard InChI is InChI=1S/C12H13NO3S2/c1-12(2,3)18(15,16)10(7-13)6-11-9(8-14)4-5-17-11/h4-6,8H,1-3H3/b10-6-. The monoisotopic (exact) mass is 283 g/mol. The van der Waals surface area contributed by atoms with E-state index in [9.17, 15) is 13.2 Å². The van der Waals surface area contributed by atoms with Crippen LogP contribution in [0.4, 0.5) is 0 Å². The predicted octanol–water partition coefficient (Wildman–Crippen LogP) is 2.64. The van der Waals surface area contributed by atoms with Gasteiger partial charge in [0, 0.05) is 10.4 Å². The molecule has 0 unspecified atom stereocenters. The summed E-state index contributed by atoms with van der Waals surface area (Å²) in [6, 6.07) is 3.29. The molecule has 0 spiro atoms. The third kappa shape index (κ3) is 2.68. The first-order valence-corrected chi connectivity index (χ1v) is 7.49. The Morgan fingerprint density at radius 2 is 2.06 bits per heavy atom.